The van der Waals surface area contributed by atoms with Crippen molar-refractivity contribution in [2.75, 3.05) is 13.2 Å². The van der Waals surface area contributed by atoms with Gasteiger partial charge in [-0.25, -0.2) is 0 Å². The molecule has 1 aliphatic carbocycles. The molecule has 1 saturated carbocycles. The average molecular weight is 328 g/mol. The Labute approximate surface area is 135 Å². The second-order valence-electron chi connectivity index (χ2n) is 7.12. The summed E-state index contributed by atoms with van der Waals surface area (Å²) in [5.41, 5.74) is 0. The predicted molar refractivity (Wildman–Crippen MR) is 75.6 cm³/mol. The molecule has 5 rings (SSSR count). The molecule has 4 saturated heterocycles. The molecule has 0 radical (unpaired) electrons. The normalized spacial score (nSPS) is 56.0. The van der Waals surface area contributed by atoms with Gasteiger partial charge in [0.2, 0.25) is 0 Å². The third-order valence-corrected chi connectivity index (χ3v) is 5.61. The molecule has 0 amide bonds. The van der Waals surface area contributed by atoms with E-state index in [1.807, 2.05) is 0 Å². The highest BCUT2D eigenvalue weighted by atomic mass is 16.8. The molecule has 5 fully saturated rings. The number of hydrogen-bond donors (Lipinski definition) is 1. The third kappa shape index (κ3) is 2.54. The first-order valence-electron chi connectivity index (χ1n) is 8.83. The van der Waals surface area contributed by atoms with E-state index in [1.54, 1.807) is 0 Å². The lowest BCUT2D eigenvalue weighted by Crippen LogP contribution is -2.53. The quantitative estimate of drug-likeness (QED) is 0.783. The van der Waals surface area contributed by atoms with Crippen LogP contribution in [0.15, 0.2) is 0 Å². The number of rotatable bonds is 2. The molecule has 23 heavy (non-hydrogen) atoms. The van der Waals surface area contributed by atoms with Gasteiger partial charge in [0, 0.05) is 19.6 Å². The fourth-order valence-corrected chi connectivity index (χ4v) is 4.43. The second kappa shape index (κ2) is 5.91. The summed E-state index contributed by atoms with van der Waals surface area (Å²) in [6, 6.07) is 0. The van der Waals surface area contributed by atoms with E-state index < -0.39 is 6.10 Å². The van der Waals surface area contributed by atoms with Gasteiger partial charge >= 0.3 is 0 Å². The average Bonchev–Trinajstić information content (AvgIpc) is 3.32. The molecule has 9 atom stereocenters. The SMILES string of the molecule is OC1[C@@H]2OC(C3CCCO3)O[C@H]2C[C@H]2OC(C3CCCO3)O[C@@H]12. The first-order valence-corrected chi connectivity index (χ1v) is 8.83. The second-order valence-corrected chi connectivity index (χ2v) is 7.12. The van der Waals surface area contributed by atoms with Crippen LogP contribution < -0.4 is 0 Å². The molecule has 0 aromatic carbocycles. The van der Waals surface area contributed by atoms with Crippen molar-refractivity contribution in [3.05, 3.63) is 0 Å². The van der Waals surface area contributed by atoms with Crippen molar-refractivity contribution in [2.45, 2.75) is 87.4 Å². The summed E-state index contributed by atoms with van der Waals surface area (Å²) < 4.78 is 35.3. The maximum Gasteiger partial charge on any atom is 0.184 e. The van der Waals surface area contributed by atoms with Crippen molar-refractivity contribution in [1.29, 1.82) is 0 Å². The molecule has 0 spiro atoms. The van der Waals surface area contributed by atoms with Gasteiger partial charge < -0.3 is 33.5 Å². The summed E-state index contributed by atoms with van der Waals surface area (Å²) in [7, 11) is 0. The largest absolute Gasteiger partial charge is 0.387 e. The Morgan fingerprint density at radius 1 is 0.652 bits per heavy atom. The van der Waals surface area contributed by atoms with E-state index >= 15 is 0 Å². The van der Waals surface area contributed by atoms with Gasteiger partial charge in [0.25, 0.3) is 0 Å². The molecule has 7 heteroatoms. The van der Waals surface area contributed by atoms with E-state index in [-0.39, 0.29) is 49.2 Å². The number of fused-ring (bicyclic) bond motifs is 2. The van der Waals surface area contributed by atoms with Gasteiger partial charge in [0.05, 0.1) is 12.2 Å². The Morgan fingerprint density at radius 3 is 1.61 bits per heavy atom. The maximum absolute atomic E-state index is 10.7. The van der Waals surface area contributed by atoms with Crippen molar-refractivity contribution >= 4 is 0 Å². The Kier molecular flexibility index (Phi) is 3.86. The van der Waals surface area contributed by atoms with Crippen molar-refractivity contribution in [3.8, 4) is 0 Å². The van der Waals surface area contributed by atoms with E-state index in [4.69, 9.17) is 28.4 Å². The molecule has 130 valence electrons. The van der Waals surface area contributed by atoms with Gasteiger partial charge in [-0.3, -0.25) is 0 Å². The molecular formula is C16H24O7. The van der Waals surface area contributed by atoms with Gasteiger partial charge in [-0.15, -0.1) is 0 Å². The fourth-order valence-electron chi connectivity index (χ4n) is 4.43. The first kappa shape index (κ1) is 15.0. The van der Waals surface area contributed by atoms with Gasteiger partial charge in [-0.1, -0.05) is 0 Å². The van der Waals surface area contributed by atoms with E-state index in [0.717, 1.165) is 38.9 Å². The molecule has 0 aromatic heterocycles. The lowest BCUT2D eigenvalue weighted by atomic mass is 9.87. The minimum Gasteiger partial charge on any atom is -0.387 e. The summed E-state index contributed by atoms with van der Waals surface area (Å²) in [4.78, 5) is 0. The first-order chi connectivity index (χ1) is 11.3. The van der Waals surface area contributed by atoms with Crippen molar-refractivity contribution in [1.82, 2.24) is 0 Å². The standard InChI is InChI=1S/C16H24O7/c17-12-13-10(20-15(22-13)8-3-1-5-18-8)7-11-14(12)23-16(21-11)9-4-2-6-19-9/h8-17H,1-7H2/t8?,9?,10-,11+,12?,13-,14-,15?,16?/m1/s1. The fraction of sp³-hybridized carbons (Fsp3) is 1.00. The van der Waals surface area contributed by atoms with Gasteiger partial charge in [0.15, 0.2) is 12.6 Å². The molecule has 5 unspecified atom stereocenters. The topological polar surface area (TPSA) is 75.6 Å². The van der Waals surface area contributed by atoms with Crippen LogP contribution in [-0.4, -0.2) is 73.6 Å². The monoisotopic (exact) mass is 328 g/mol. The van der Waals surface area contributed by atoms with Crippen LogP contribution in [0.2, 0.25) is 0 Å². The minimum absolute atomic E-state index is 0.0193. The smallest absolute Gasteiger partial charge is 0.184 e. The van der Waals surface area contributed by atoms with Crippen LogP contribution in [0.1, 0.15) is 32.1 Å². The molecule has 4 aliphatic heterocycles. The predicted octanol–water partition coefficient (Wildman–Crippen LogP) is 0.329. The number of hydrogen-bond acceptors (Lipinski definition) is 7. The third-order valence-electron chi connectivity index (χ3n) is 5.61. The van der Waals surface area contributed by atoms with E-state index in [2.05, 4.69) is 0 Å². The van der Waals surface area contributed by atoms with Crippen LogP contribution in [0.25, 0.3) is 0 Å². The number of aliphatic hydroxyl groups excluding tert-OH is 1. The lowest BCUT2D eigenvalue weighted by Gasteiger charge is -2.34. The van der Waals surface area contributed by atoms with Crippen LogP contribution in [0.4, 0.5) is 0 Å². The van der Waals surface area contributed by atoms with Crippen molar-refractivity contribution in [3.63, 3.8) is 0 Å². The Balaban J connectivity index is 1.26. The molecule has 1 N–H and O–H groups in total. The zero-order valence-corrected chi connectivity index (χ0v) is 13.0. The molecule has 5 aliphatic rings. The van der Waals surface area contributed by atoms with Crippen molar-refractivity contribution in [2.24, 2.45) is 0 Å². The highest BCUT2D eigenvalue weighted by molar-refractivity contribution is 5.02. The Hall–Kier alpha value is -0.280. The van der Waals surface area contributed by atoms with Gasteiger partial charge in [-0.2, -0.15) is 0 Å². The summed E-state index contributed by atoms with van der Waals surface area (Å²) in [6.07, 6.45) is 2.05. The van der Waals surface area contributed by atoms with Gasteiger partial charge in [0.1, 0.15) is 30.5 Å². The Bertz CT molecular complexity index is 396. The molecule has 7 nitrogen and oxygen atoms in total. The summed E-state index contributed by atoms with van der Waals surface area (Å²) in [5.74, 6) is 0. The van der Waals surface area contributed by atoms with E-state index in [0.29, 0.717) is 6.42 Å². The van der Waals surface area contributed by atoms with Crippen LogP contribution >= 0.6 is 0 Å². The lowest BCUT2D eigenvalue weighted by molar-refractivity contribution is -0.169. The maximum atomic E-state index is 10.7. The zero-order chi connectivity index (χ0) is 15.4. The van der Waals surface area contributed by atoms with Crippen LogP contribution in [0, 0.1) is 0 Å². The minimum atomic E-state index is -0.739. The molecule has 4 heterocycles. The Morgan fingerprint density at radius 2 is 1.17 bits per heavy atom. The molecule has 0 bridgehead atoms. The van der Waals surface area contributed by atoms with Gasteiger partial charge in [-0.05, 0) is 25.7 Å². The summed E-state index contributed by atoms with van der Waals surface area (Å²) >= 11 is 0. The highest BCUT2D eigenvalue weighted by Gasteiger charge is 2.57. The zero-order valence-electron chi connectivity index (χ0n) is 13.0. The molecular weight excluding hydrogens is 304 g/mol. The van der Waals surface area contributed by atoms with Crippen molar-refractivity contribution < 1.29 is 33.5 Å². The molecule has 0 aromatic rings. The van der Waals surface area contributed by atoms with E-state index in [9.17, 15) is 5.11 Å². The number of ether oxygens (including phenoxy) is 6. The van der Waals surface area contributed by atoms with Crippen LogP contribution in [0.3, 0.4) is 0 Å². The number of aliphatic hydroxyl groups is 1. The summed E-state index contributed by atoms with van der Waals surface area (Å²) in [5, 5.41) is 10.7. The highest BCUT2D eigenvalue weighted by Crippen LogP contribution is 2.41. The summed E-state index contributed by atoms with van der Waals surface area (Å²) in [6.45, 7) is 1.51. The van der Waals surface area contributed by atoms with Crippen LogP contribution in [-0.2, 0) is 28.4 Å². The van der Waals surface area contributed by atoms with Crippen LogP contribution in [0.5, 0.6) is 0 Å². The van der Waals surface area contributed by atoms with E-state index in [1.165, 1.54) is 0 Å².